The average molecular weight is 262 g/mol. The number of nitrogens with zero attached hydrogens (tertiary/aromatic N) is 2. The lowest BCUT2D eigenvalue weighted by Crippen LogP contribution is -2.50. The van der Waals surface area contributed by atoms with Gasteiger partial charge in [0.1, 0.15) is 0 Å². The van der Waals surface area contributed by atoms with Gasteiger partial charge in [0.25, 0.3) is 0 Å². The molecule has 19 heavy (non-hydrogen) atoms. The number of hydrogen-bond donors (Lipinski definition) is 1. The van der Waals surface area contributed by atoms with Crippen molar-refractivity contribution in [3.05, 3.63) is 35.9 Å². The molecule has 0 bridgehead atoms. The molecule has 1 fully saturated rings. The summed E-state index contributed by atoms with van der Waals surface area (Å²) >= 11 is 0. The summed E-state index contributed by atoms with van der Waals surface area (Å²) < 4.78 is 0. The molecule has 0 radical (unpaired) electrons. The van der Waals surface area contributed by atoms with Gasteiger partial charge in [-0.15, -0.1) is 0 Å². The van der Waals surface area contributed by atoms with E-state index in [4.69, 9.17) is 0 Å². The number of piperazine rings is 1. The SMILES string of the molecule is CCC(=O)N1CCN([C@H](CO)c2ccccc2)CC1. The van der Waals surface area contributed by atoms with Crippen LogP contribution in [-0.2, 0) is 4.79 Å². The van der Waals surface area contributed by atoms with Gasteiger partial charge in [0.2, 0.25) is 5.91 Å². The van der Waals surface area contributed by atoms with Crippen molar-refractivity contribution in [3.63, 3.8) is 0 Å². The number of rotatable bonds is 4. The van der Waals surface area contributed by atoms with Gasteiger partial charge < -0.3 is 10.0 Å². The molecule has 1 aromatic carbocycles. The fourth-order valence-electron chi connectivity index (χ4n) is 2.61. The van der Waals surface area contributed by atoms with Crippen molar-refractivity contribution in [1.29, 1.82) is 0 Å². The summed E-state index contributed by atoms with van der Waals surface area (Å²) in [6, 6.07) is 10.1. The Morgan fingerprint density at radius 2 is 1.84 bits per heavy atom. The molecule has 1 saturated heterocycles. The van der Waals surface area contributed by atoms with E-state index in [1.165, 1.54) is 0 Å². The van der Waals surface area contributed by atoms with Crippen molar-refractivity contribution in [2.45, 2.75) is 19.4 Å². The van der Waals surface area contributed by atoms with Crippen LogP contribution in [0.4, 0.5) is 0 Å². The van der Waals surface area contributed by atoms with Crippen LogP contribution in [0.15, 0.2) is 30.3 Å². The van der Waals surface area contributed by atoms with E-state index in [0.29, 0.717) is 6.42 Å². The highest BCUT2D eigenvalue weighted by Crippen LogP contribution is 2.21. The summed E-state index contributed by atoms with van der Waals surface area (Å²) in [5.74, 6) is 0.222. The van der Waals surface area contributed by atoms with Gasteiger partial charge in [0.15, 0.2) is 0 Å². The van der Waals surface area contributed by atoms with Crippen LogP contribution in [0.25, 0.3) is 0 Å². The van der Waals surface area contributed by atoms with Crippen molar-refractivity contribution in [2.75, 3.05) is 32.8 Å². The number of carbonyl (C=O) groups excluding carboxylic acids is 1. The first-order chi connectivity index (χ1) is 9.26. The molecular formula is C15H22N2O2. The van der Waals surface area contributed by atoms with Crippen LogP contribution in [0.1, 0.15) is 24.9 Å². The van der Waals surface area contributed by atoms with Crippen LogP contribution in [0.3, 0.4) is 0 Å². The minimum atomic E-state index is 0.0417. The molecule has 0 spiro atoms. The topological polar surface area (TPSA) is 43.8 Å². The van der Waals surface area contributed by atoms with Crippen LogP contribution in [0.2, 0.25) is 0 Å². The van der Waals surface area contributed by atoms with E-state index >= 15 is 0 Å². The van der Waals surface area contributed by atoms with Gasteiger partial charge in [-0.2, -0.15) is 0 Å². The van der Waals surface area contributed by atoms with Crippen LogP contribution < -0.4 is 0 Å². The number of benzene rings is 1. The predicted octanol–water partition coefficient (Wildman–Crippen LogP) is 1.27. The van der Waals surface area contributed by atoms with E-state index in [2.05, 4.69) is 4.90 Å². The summed E-state index contributed by atoms with van der Waals surface area (Å²) in [6.45, 7) is 5.19. The zero-order chi connectivity index (χ0) is 13.7. The quantitative estimate of drug-likeness (QED) is 0.889. The second-order valence-electron chi connectivity index (χ2n) is 4.88. The van der Waals surface area contributed by atoms with E-state index < -0.39 is 0 Å². The van der Waals surface area contributed by atoms with Crippen LogP contribution in [0, 0.1) is 0 Å². The zero-order valence-electron chi connectivity index (χ0n) is 11.5. The fraction of sp³-hybridized carbons (Fsp3) is 0.533. The highest BCUT2D eigenvalue weighted by Gasteiger charge is 2.25. The van der Waals surface area contributed by atoms with Crippen LogP contribution in [-0.4, -0.2) is 53.6 Å². The highest BCUT2D eigenvalue weighted by molar-refractivity contribution is 5.75. The Morgan fingerprint density at radius 3 is 2.37 bits per heavy atom. The molecule has 4 heteroatoms. The van der Waals surface area contributed by atoms with E-state index in [-0.39, 0.29) is 18.6 Å². The highest BCUT2D eigenvalue weighted by atomic mass is 16.3. The zero-order valence-corrected chi connectivity index (χ0v) is 11.5. The normalized spacial score (nSPS) is 18.3. The first kappa shape index (κ1) is 14.0. The van der Waals surface area contributed by atoms with Crippen molar-refractivity contribution in [1.82, 2.24) is 9.80 Å². The molecule has 4 nitrogen and oxygen atoms in total. The number of aliphatic hydroxyl groups excluding tert-OH is 1. The Kier molecular flexibility index (Phi) is 4.93. The van der Waals surface area contributed by atoms with Gasteiger partial charge in [-0.3, -0.25) is 9.69 Å². The Hall–Kier alpha value is -1.39. The molecule has 1 aromatic rings. The van der Waals surface area contributed by atoms with Gasteiger partial charge in [-0.1, -0.05) is 37.3 Å². The molecule has 1 amide bonds. The standard InChI is InChI=1S/C15H22N2O2/c1-2-15(19)17-10-8-16(9-11-17)14(12-18)13-6-4-3-5-7-13/h3-7,14,18H,2,8-12H2,1H3/t14-/m1/s1. The number of hydrogen-bond acceptors (Lipinski definition) is 3. The third-order valence-corrected chi connectivity index (χ3v) is 3.77. The maximum absolute atomic E-state index is 11.6. The molecule has 1 atom stereocenters. The third-order valence-electron chi connectivity index (χ3n) is 3.77. The molecule has 1 heterocycles. The Bertz CT molecular complexity index is 400. The molecule has 0 aromatic heterocycles. The maximum Gasteiger partial charge on any atom is 0.222 e. The lowest BCUT2D eigenvalue weighted by atomic mass is 10.1. The first-order valence-corrected chi connectivity index (χ1v) is 6.94. The molecule has 1 N–H and O–H groups in total. The molecule has 2 rings (SSSR count). The molecule has 1 aliphatic heterocycles. The van der Waals surface area contributed by atoms with Gasteiger partial charge in [0.05, 0.1) is 12.6 Å². The second-order valence-corrected chi connectivity index (χ2v) is 4.88. The second kappa shape index (κ2) is 6.68. The van der Waals surface area contributed by atoms with Gasteiger partial charge in [0, 0.05) is 32.6 Å². The van der Waals surface area contributed by atoms with Gasteiger partial charge in [-0.05, 0) is 5.56 Å². The smallest absolute Gasteiger partial charge is 0.222 e. The Balaban J connectivity index is 1.98. The van der Waals surface area contributed by atoms with Crippen molar-refractivity contribution in [2.24, 2.45) is 0 Å². The predicted molar refractivity (Wildman–Crippen MR) is 74.7 cm³/mol. The number of aliphatic hydroxyl groups is 1. The fourth-order valence-corrected chi connectivity index (χ4v) is 2.61. The lowest BCUT2D eigenvalue weighted by Gasteiger charge is -2.38. The molecule has 0 saturated carbocycles. The van der Waals surface area contributed by atoms with Crippen molar-refractivity contribution >= 4 is 5.91 Å². The van der Waals surface area contributed by atoms with E-state index in [9.17, 15) is 9.90 Å². The van der Waals surface area contributed by atoms with Crippen LogP contribution in [0.5, 0.6) is 0 Å². The van der Waals surface area contributed by atoms with Crippen molar-refractivity contribution < 1.29 is 9.90 Å². The largest absolute Gasteiger partial charge is 0.394 e. The van der Waals surface area contributed by atoms with E-state index in [1.54, 1.807) is 0 Å². The Morgan fingerprint density at radius 1 is 1.21 bits per heavy atom. The van der Waals surface area contributed by atoms with E-state index in [0.717, 1.165) is 31.7 Å². The molecule has 104 valence electrons. The summed E-state index contributed by atoms with van der Waals surface area (Å²) in [6.07, 6.45) is 0.572. The van der Waals surface area contributed by atoms with Gasteiger partial charge >= 0.3 is 0 Å². The first-order valence-electron chi connectivity index (χ1n) is 6.94. The third kappa shape index (κ3) is 3.33. The summed E-state index contributed by atoms with van der Waals surface area (Å²) in [5, 5.41) is 9.63. The summed E-state index contributed by atoms with van der Waals surface area (Å²) in [7, 11) is 0. The monoisotopic (exact) mass is 262 g/mol. The molecule has 0 unspecified atom stereocenters. The minimum absolute atomic E-state index is 0.0417. The minimum Gasteiger partial charge on any atom is -0.394 e. The molecule has 0 aliphatic carbocycles. The lowest BCUT2D eigenvalue weighted by molar-refractivity contribution is -0.133. The maximum atomic E-state index is 11.6. The molecular weight excluding hydrogens is 240 g/mol. The summed E-state index contributed by atoms with van der Waals surface area (Å²) in [4.78, 5) is 15.8. The van der Waals surface area contributed by atoms with Crippen LogP contribution >= 0.6 is 0 Å². The van der Waals surface area contributed by atoms with Crippen molar-refractivity contribution in [3.8, 4) is 0 Å². The number of amides is 1. The van der Waals surface area contributed by atoms with Gasteiger partial charge in [-0.25, -0.2) is 0 Å². The average Bonchev–Trinajstić information content (AvgIpc) is 2.49. The van der Waals surface area contributed by atoms with E-state index in [1.807, 2.05) is 42.2 Å². The Labute approximate surface area is 114 Å². The summed E-state index contributed by atoms with van der Waals surface area (Å²) in [5.41, 5.74) is 1.14. The molecule has 1 aliphatic rings. The number of carbonyl (C=O) groups is 1.